The van der Waals surface area contributed by atoms with Crippen LogP contribution in [0.3, 0.4) is 0 Å². The van der Waals surface area contributed by atoms with Crippen molar-refractivity contribution in [1.29, 1.82) is 0 Å². The van der Waals surface area contributed by atoms with Crippen LogP contribution in [0.2, 0.25) is 5.02 Å². The summed E-state index contributed by atoms with van der Waals surface area (Å²) < 4.78 is 15.6. The summed E-state index contributed by atoms with van der Waals surface area (Å²) in [6, 6.07) is 14.6. The Hall–Kier alpha value is -4.90. The Labute approximate surface area is 245 Å². The molecule has 1 saturated heterocycles. The van der Waals surface area contributed by atoms with Crippen molar-refractivity contribution in [3.8, 4) is 5.69 Å². The van der Waals surface area contributed by atoms with Gasteiger partial charge in [-0.2, -0.15) is 4.68 Å². The van der Waals surface area contributed by atoms with Gasteiger partial charge in [-0.3, -0.25) is 9.59 Å². The van der Waals surface area contributed by atoms with Crippen molar-refractivity contribution in [3.63, 3.8) is 0 Å². The van der Waals surface area contributed by atoms with Gasteiger partial charge < -0.3 is 15.3 Å². The topological polar surface area (TPSA) is 130 Å². The summed E-state index contributed by atoms with van der Waals surface area (Å²) in [6.07, 6.45) is 5.62. The van der Waals surface area contributed by atoms with Gasteiger partial charge in [0.25, 0.3) is 0 Å². The summed E-state index contributed by atoms with van der Waals surface area (Å²) in [5.41, 5.74) is 2.84. The van der Waals surface area contributed by atoms with Crippen LogP contribution >= 0.6 is 11.6 Å². The van der Waals surface area contributed by atoms with Gasteiger partial charge in [0.05, 0.1) is 11.3 Å². The summed E-state index contributed by atoms with van der Waals surface area (Å²) in [4.78, 5) is 40.2. The molecule has 0 saturated carbocycles. The highest BCUT2D eigenvalue weighted by molar-refractivity contribution is 6.30. The van der Waals surface area contributed by atoms with Gasteiger partial charge in [-0.15, -0.1) is 5.10 Å². The zero-order chi connectivity index (χ0) is 29.8. The zero-order valence-corrected chi connectivity index (χ0v) is 23.2. The van der Waals surface area contributed by atoms with Gasteiger partial charge in [0.15, 0.2) is 0 Å². The third kappa shape index (κ3) is 6.21. The standard InChI is InChI=1S/C30H26ClFN6O4/c1-18-15-20(6-11-25(18)32)24-3-2-14-37(28(24)29(40)34-23-9-4-19(5-10-23)30(41)42)27(39)13-7-21-16-22(31)8-12-26(21)38-17-33-35-36-38/h4-13,15-17,24,28H,2-3,14H2,1H3,(H,34,40)(H,41,42)/b13-7+. The first kappa shape index (κ1) is 28.6. The number of carboxylic acid groups (broad SMARTS) is 1. The number of tetrazole rings is 1. The Kier molecular flexibility index (Phi) is 8.39. The Morgan fingerprint density at radius 3 is 2.57 bits per heavy atom. The molecule has 3 aromatic carbocycles. The maximum absolute atomic E-state index is 14.1. The normalized spacial score (nSPS) is 16.9. The minimum atomic E-state index is -1.08. The van der Waals surface area contributed by atoms with E-state index in [1.165, 1.54) is 52.3 Å². The van der Waals surface area contributed by atoms with Gasteiger partial charge in [-0.25, -0.2) is 9.18 Å². The Balaban J connectivity index is 1.47. The average Bonchev–Trinajstić information content (AvgIpc) is 3.52. The molecular weight excluding hydrogens is 563 g/mol. The third-order valence-corrected chi connectivity index (χ3v) is 7.42. The van der Waals surface area contributed by atoms with Crippen molar-refractivity contribution in [2.45, 2.75) is 31.7 Å². The molecule has 214 valence electrons. The molecule has 1 aliphatic rings. The predicted molar refractivity (Wildman–Crippen MR) is 154 cm³/mol. The molecule has 4 aromatic rings. The minimum absolute atomic E-state index is 0.0781. The fraction of sp³-hybridized carbons (Fsp3) is 0.200. The number of aromatic nitrogens is 4. The number of benzene rings is 3. The molecule has 2 atom stereocenters. The second kappa shape index (κ2) is 12.3. The van der Waals surface area contributed by atoms with Crippen molar-refractivity contribution in [3.05, 3.63) is 106 Å². The Morgan fingerprint density at radius 1 is 1.10 bits per heavy atom. The molecule has 1 aromatic heterocycles. The molecule has 0 bridgehead atoms. The summed E-state index contributed by atoms with van der Waals surface area (Å²) >= 11 is 6.22. The Bertz CT molecular complexity index is 1660. The number of amides is 2. The number of hydrogen-bond donors (Lipinski definition) is 2. The second-order valence-electron chi connectivity index (χ2n) is 9.90. The van der Waals surface area contributed by atoms with Gasteiger partial charge in [0.2, 0.25) is 11.8 Å². The van der Waals surface area contributed by atoms with E-state index in [0.29, 0.717) is 46.9 Å². The molecule has 0 aliphatic carbocycles. The molecule has 10 nitrogen and oxygen atoms in total. The first-order valence-electron chi connectivity index (χ1n) is 13.1. The number of likely N-dealkylation sites (tertiary alicyclic amines) is 1. The number of carbonyl (C=O) groups is 3. The van der Waals surface area contributed by atoms with E-state index in [9.17, 15) is 23.9 Å². The van der Waals surface area contributed by atoms with E-state index < -0.39 is 29.7 Å². The van der Waals surface area contributed by atoms with Crippen molar-refractivity contribution in [1.82, 2.24) is 25.1 Å². The predicted octanol–water partition coefficient (Wildman–Crippen LogP) is 4.89. The van der Waals surface area contributed by atoms with Crippen LogP contribution in [0.25, 0.3) is 11.8 Å². The molecular formula is C30H26ClFN6O4. The number of nitrogens with one attached hydrogen (secondary N) is 1. The third-order valence-electron chi connectivity index (χ3n) is 7.18. The molecule has 2 heterocycles. The fourth-order valence-electron chi connectivity index (χ4n) is 5.12. The monoisotopic (exact) mass is 588 g/mol. The largest absolute Gasteiger partial charge is 0.478 e. The van der Waals surface area contributed by atoms with E-state index in [0.717, 1.165) is 5.56 Å². The van der Waals surface area contributed by atoms with E-state index in [-0.39, 0.29) is 11.4 Å². The van der Waals surface area contributed by atoms with Crippen molar-refractivity contribution < 1.29 is 23.9 Å². The van der Waals surface area contributed by atoms with Crippen molar-refractivity contribution in [2.24, 2.45) is 0 Å². The molecule has 42 heavy (non-hydrogen) atoms. The molecule has 1 aliphatic heterocycles. The van der Waals surface area contributed by atoms with Crippen LogP contribution in [-0.4, -0.2) is 60.6 Å². The van der Waals surface area contributed by atoms with Gasteiger partial charge in [0.1, 0.15) is 18.2 Å². The van der Waals surface area contributed by atoms with Gasteiger partial charge in [-0.05, 0) is 95.9 Å². The first-order valence-corrected chi connectivity index (χ1v) is 13.5. The van der Waals surface area contributed by atoms with E-state index in [4.69, 9.17) is 11.6 Å². The summed E-state index contributed by atoms with van der Waals surface area (Å²) in [7, 11) is 0. The smallest absolute Gasteiger partial charge is 0.335 e. The van der Waals surface area contributed by atoms with Crippen LogP contribution in [0.4, 0.5) is 10.1 Å². The quantitative estimate of drug-likeness (QED) is 0.294. The van der Waals surface area contributed by atoms with Crippen LogP contribution in [-0.2, 0) is 9.59 Å². The molecule has 2 amide bonds. The number of aryl methyl sites for hydroxylation is 1. The van der Waals surface area contributed by atoms with Crippen LogP contribution in [0.1, 0.15) is 45.8 Å². The highest BCUT2D eigenvalue weighted by Gasteiger charge is 2.39. The Morgan fingerprint density at radius 2 is 1.88 bits per heavy atom. The summed E-state index contributed by atoms with van der Waals surface area (Å²) in [6.45, 7) is 1.98. The number of aromatic carboxylic acids is 1. The molecule has 0 spiro atoms. The highest BCUT2D eigenvalue weighted by atomic mass is 35.5. The number of piperidine rings is 1. The van der Waals surface area contributed by atoms with E-state index >= 15 is 0 Å². The number of halogens is 2. The number of rotatable bonds is 7. The molecule has 2 N–H and O–H groups in total. The lowest BCUT2D eigenvalue weighted by Crippen LogP contribution is -2.53. The number of hydrogen-bond acceptors (Lipinski definition) is 6. The fourth-order valence-corrected chi connectivity index (χ4v) is 5.30. The number of anilines is 1. The maximum atomic E-state index is 14.1. The zero-order valence-electron chi connectivity index (χ0n) is 22.4. The first-order chi connectivity index (χ1) is 20.2. The van der Waals surface area contributed by atoms with Gasteiger partial charge >= 0.3 is 5.97 Å². The summed E-state index contributed by atoms with van der Waals surface area (Å²) in [5, 5.41) is 23.7. The second-order valence-corrected chi connectivity index (χ2v) is 10.3. The lowest BCUT2D eigenvalue weighted by molar-refractivity contribution is -0.137. The molecule has 12 heteroatoms. The lowest BCUT2D eigenvalue weighted by atomic mass is 9.82. The van der Waals surface area contributed by atoms with E-state index in [1.807, 2.05) is 0 Å². The highest BCUT2D eigenvalue weighted by Crippen LogP contribution is 2.35. The average molecular weight is 589 g/mol. The SMILES string of the molecule is Cc1cc(C2CCCN(C(=O)/C=C/c3cc(Cl)ccc3-n3cnnn3)C2C(=O)Nc2ccc(C(=O)O)cc2)ccc1F. The molecule has 5 rings (SSSR count). The van der Waals surface area contributed by atoms with Crippen LogP contribution in [0.15, 0.2) is 73.1 Å². The maximum Gasteiger partial charge on any atom is 0.335 e. The van der Waals surface area contributed by atoms with E-state index in [2.05, 4.69) is 20.8 Å². The summed E-state index contributed by atoms with van der Waals surface area (Å²) in [5.74, 6) is -2.69. The van der Waals surface area contributed by atoms with Crippen LogP contribution in [0, 0.1) is 12.7 Å². The molecule has 0 radical (unpaired) electrons. The van der Waals surface area contributed by atoms with Crippen molar-refractivity contribution in [2.75, 3.05) is 11.9 Å². The van der Waals surface area contributed by atoms with Crippen molar-refractivity contribution >= 4 is 41.1 Å². The molecule has 1 fully saturated rings. The van der Waals surface area contributed by atoms with Gasteiger partial charge in [0, 0.05) is 34.8 Å². The lowest BCUT2D eigenvalue weighted by Gasteiger charge is -2.40. The number of carboxylic acids is 1. The number of nitrogens with zero attached hydrogens (tertiary/aromatic N) is 5. The molecule has 2 unspecified atom stereocenters. The van der Waals surface area contributed by atoms with E-state index in [1.54, 1.807) is 43.3 Å². The van der Waals surface area contributed by atoms with Crippen LogP contribution in [0.5, 0.6) is 0 Å². The minimum Gasteiger partial charge on any atom is -0.478 e. The van der Waals surface area contributed by atoms with Gasteiger partial charge in [-0.1, -0.05) is 23.7 Å². The number of carbonyl (C=O) groups excluding carboxylic acids is 2. The van der Waals surface area contributed by atoms with Crippen LogP contribution < -0.4 is 5.32 Å².